The topological polar surface area (TPSA) is 288 Å². The van der Waals surface area contributed by atoms with Crippen molar-refractivity contribution >= 4 is 69.5 Å². The fourth-order valence-corrected chi connectivity index (χ4v) is 5.92. The van der Waals surface area contributed by atoms with E-state index in [0.29, 0.717) is 39.8 Å². The average Bonchev–Trinajstić information content (AvgIpc) is 3.09. The van der Waals surface area contributed by atoms with Crippen LogP contribution >= 0.6 is 12.0 Å². The molecule has 2 aromatic heterocycles. The number of aliphatic hydroxyl groups excluding tert-OH is 4. The number of nitrogens with zero attached hydrogens (tertiary/aromatic N) is 8. The van der Waals surface area contributed by atoms with Gasteiger partial charge in [-0.3, -0.25) is 5.04 Å². The SMILES string of the molecule is Cc1nc(Nc2ccc(/C=C/c3ccc(Nc4nc(C)nc(N(CCO)CCO)n4)cc3S(=O)(=O)[O-])c(SOO[O-])c2)nc(N(CCO)CCO)n1.[Na+].[Na+]. The Morgan fingerprint density at radius 2 is 1.17 bits per heavy atom. The summed E-state index contributed by atoms with van der Waals surface area (Å²) in [7, 11) is -4.99. The molecule has 54 heavy (non-hydrogen) atoms. The molecule has 0 unspecified atom stereocenters. The first-order valence-electron chi connectivity index (χ1n) is 15.5. The molecule has 0 saturated heterocycles. The summed E-state index contributed by atoms with van der Waals surface area (Å²) in [6.07, 6.45) is 2.90. The Bertz CT molecular complexity index is 1940. The van der Waals surface area contributed by atoms with Gasteiger partial charge in [-0.05, 0) is 49.2 Å². The van der Waals surface area contributed by atoms with Crippen LogP contribution in [-0.2, 0) is 19.5 Å². The van der Waals surface area contributed by atoms with Crippen LogP contribution in [0.25, 0.3) is 12.2 Å². The van der Waals surface area contributed by atoms with Crippen molar-refractivity contribution < 1.29 is 107 Å². The second-order valence-corrected chi connectivity index (χ2v) is 12.7. The van der Waals surface area contributed by atoms with Gasteiger partial charge in [-0.15, -0.1) is 0 Å². The van der Waals surface area contributed by atoms with Gasteiger partial charge in [0, 0.05) is 42.4 Å². The van der Waals surface area contributed by atoms with Crippen molar-refractivity contribution in [3.05, 3.63) is 59.2 Å². The van der Waals surface area contributed by atoms with E-state index in [1.807, 2.05) is 0 Å². The summed E-state index contributed by atoms with van der Waals surface area (Å²) in [6, 6.07) is 8.88. The number of rotatable bonds is 20. The van der Waals surface area contributed by atoms with Crippen LogP contribution in [0.4, 0.5) is 35.2 Å². The molecule has 0 atom stereocenters. The molecule has 4 aromatic rings. The first kappa shape index (κ1) is 47.5. The van der Waals surface area contributed by atoms with Crippen LogP contribution in [0.5, 0.6) is 0 Å². The molecule has 0 aliphatic rings. The second-order valence-electron chi connectivity index (χ2n) is 10.6. The Morgan fingerprint density at radius 1 is 0.722 bits per heavy atom. The van der Waals surface area contributed by atoms with Gasteiger partial charge in [0.05, 0.1) is 43.4 Å². The summed E-state index contributed by atoms with van der Waals surface area (Å²) in [6.45, 7) is 3.12. The molecule has 20 nitrogen and oxygen atoms in total. The summed E-state index contributed by atoms with van der Waals surface area (Å²) < 4.78 is 41.6. The van der Waals surface area contributed by atoms with Crippen LogP contribution in [0, 0.1) is 13.8 Å². The molecule has 0 bridgehead atoms. The van der Waals surface area contributed by atoms with Crippen molar-refractivity contribution in [3.63, 3.8) is 0 Å². The van der Waals surface area contributed by atoms with Gasteiger partial charge in [0.1, 0.15) is 21.8 Å². The number of benzene rings is 2. The standard InChI is InChI=1S/C30H38N10O10S2.2Na/c1-19-31-27(37-29(33-19)39(9-13-41)10-14-42)35-23-7-5-21(25(17-23)51-50-49-45)3-4-22-6-8-24(18-26(22)52(46,47)48)36-28-32-20(2)34-30(38-28)40(11-15-43)12-16-44;;/h3-8,17-18,41-45H,9-16H2,1-2H3,(H,46,47,48)(H,31,33,35,37)(H,32,34,36,38);;/q;2*+1/p-2/b4-3+;;. The molecule has 0 fully saturated rings. The molecule has 0 spiro atoms. The van der Waals surface area contributed by atoms with Crippen molar-refractivity contribution in [1.29, 1.82) is 0 Å². The number of aromatic nitrogens is 6. The molecule has 280 valence electrons. The summed E-state index contributed by atoms with van der Waals surface area (Å²) in [5.74, 6) is 1.27. The van der Waals surface area contributed by atoms with Gasteiger partial charge in [-0.2, -0.15) is 34.2 Å². The number of hydrogen-bond donors (Lipinski definition) is 6. The van der Waals surface area contributed by atoms with Crippen LogP contribution in [-0.4, -0.2) is 116 Å². The minimum absolute atomic E-state index is 0. The average molecular weight is 807 g/mol. The van der Waals surface area contributed by atoms with E-state index in [0.717, 1.165) is 6.07 Å². The van der Waals surface area contributed by atoms with Gasteiger partial charge in [0.2, 0.25) is 23.8 Å². The minimum Gasteiger partial charge on any atom is -0.744 e. The molecule has 24 heteroatoms. The first-order chi connectivity index (χ1) is 25.0. The smallest absolute Gasteiger partial charge is 0.744 e. The summed E-state index contributed by atoms with van der Waals surface area (Å²) in [4.78, 5) is 28.6. The van der Waals surface area contributed by atoms with Crippen LogP contribution in [0.15, 0.2) is 46.2 Å². The van der Waals surface area contributed by atoms with Crippen molar-refractivity contribution in [3.8, 4) is 0 Å². The van der Waals surface area contributed by atoms with E-state index in [2.05, 4.69) is 49.9 Å². The normalized spacial score (nSPS) is 11.2. The maximum atomic E-state index is 12.4. The van der Waals surface area contributed by atoms with Crippen LogP contribution < -0.4 is 84.8 Å². The Kier molecular flexibility index (Phi) is 20.6. The molecule has 4 rings (SSSR count). The van der Waals surface area contributed by atoms with E-state index < -0.39 is 15.0 Å². The van der Waals surface area contributed by atoms with Gasteiger partial charge in [0.25, 0.3) is 0 Å². The monoisotopic (exact) mass is 806 g/mol. The maximum Gasteiger partial charge on any atom is 1.00 e. The molecule has 2 heterocycles. The van der Waals surface area contributed by atoms with Gasteiger partial charge in [0.15, 0.2) is 0 Å². The van der Waals surface area contributed by atoms with Crippen LogP contribution in [0.3, 0.4) is 0 Å². The number of nitrogens with one attached hydrogen (secondary N) is 2. The zero-order chi connectivity index (χ0) is 37.7. The quantitative estimate of drug-likeness (QED) is 0.0121. The predicted octanol–water partition coefficient (Wildman–Crippen LogP) is -5.94. The predicted molar refractivity (Wildman–Crippen MR) is 186 cm³/mol. The third-order valence-corrected chi connectivity index (χ3v) is 8.47. The van der Waals surface area contributed by atoms with E-state index >= 15 is 0 Å². The maximum absolute atomic E-state index is 12.4. The Morgan fingerprint density at radius 3 is 1.61 bits per heavy atom. The summed E-state index contributed by atoms with van der Waals surface area (Å²) >= 11 is 0.572. The van der Waals surface area contributed by atoms with Crippen LogP contribution in [0.2, 0.25) is 0 Å². The molecule has 2 aromatic carbocycles. The van der Waals surface area contributed by atoms with Crippen molar-refractivity contribution in [1.82, 2.24) is 29.9 Å². The summed E-state index contributed by atoms with van der Waals surface area (Å²) in [5.41, 5.74) is 1.12. The molecular weight excluding hydrogens is 771 g/mol. The molecule has 0 aliphatic heterocycles. The number of aliphatic hydroxyl groups is 4. The van der Waals surface area contributed by atoms with E-state index in [9.17, 15) is 38.7 Å². The molecule has 0 amide bonds. The zero-order valence-electron chi connectivity index (χ0n) is 29.9. The molecule has 6 N–H and O–H groups in total. The van der Waals surface area contributed by atoms with Gasteiger partial charge < -0.3 is 50.7 Å². The Balaban J connectivity index is 0.00000504. The zero-order valence-corrected chi connectivity index (χ0v) is 35.5. The van der Waals surface area contributed by atoms with Gasteiger partial charge in [-0.25, -0.2) is 8.42 Å². The molecular formula is C30H36N10Na2O10S2. The third-order valence-electron chi connectivity index (χ3n) is 6.92. The second kappa shape index (κ2) is 23.4. The Hall–Kier alpha value is -2.62. The van der Waals surface area contributed by atoms with E-state index in [4.69, 9.17) is 0 Å². The van der Waals surface area contributed by atoms with E-state index in [1.54, 1.807) is 41.8 Å². The van der Waals surface area contributed by atoms with Gasteiger partial charge in [-0.1, -0.05) is 24.3 Å². The van der Waals surface area contributed by atoms with Gasteiger partial charge >= 0.3 is 59.1 Å². The van der Waals surface area contributed by atoms with Crippen molar-refractivity contribution in [2.75, 3.05) is 73.0 Å². The minimum atomic E-state index is -4.99. The number of hydrogen-bond acceptors (Lipinski definition) is 21. The molecule has 0 radical (unpaired) electrons. The fourth-order valence-electron chi connectivity index (χ4n) is 4.71. The van der Waals surface area contributed by atoms with E-state index in [1.165, 1.54) is 24.3 Å². The third kappa shape index (κ3) is 14.1. The first-order valence-corrected chi connectivity index (χ1v) is 17.6. The van der Waals surface area contributed by atoms with Crippen LogP contribution in [0.1, 0.15) is 22.8 Å². The van der Waals surface area contributed by atoms with Crippen molar-refractivity contribution in [2.45, 2.75) is 23.6 Å². The molecule has 0 saturated carbocycles. The van der Waals surface area contributed by atoms with E-state index in [-0.39, 0.29) is 147 Å². The number of anilines is 6. The van der Waals surface area contributed by atoms with Crippen molar-refractivity contribution in [2.24, 2.45) is 0 Å². The largest absolute Gasteiger partial charge is 1.00 e. The fraction of sp³-hybridized carbons (Fsp3) is 0.333. The molecule has 0 aliphatic carbocycles. The Labute approximate surface area is 359 Å². The number of aryl methyl sites for hydroxylation is 2. The summed E-state index contributed by atoms with van der Waals surface area (Å²) in [5, 5.41) is 57.6.